The number of hydrogen-bond acceptors (Lipinski definition) is 3. The average molecular weight is 355 g/mol. The second-order valence-corrected chi connectivity index (χ2v) is 8.40. The largest absolute Gasteiger partial charge is 0.358 e. The van der Waals surface area contributed by atoms with E-state index >= 15 is 0 Å². The molecule has 0 spiro atoms. The van der Waals surface area contributed by atoms with Crippen molar-refractivity contribution in [3.8, 4) is 0 Å². The van der Waals surface area contributed by atoms with Gasteiger partial charge in [-0.05, 0) is 55.9 Å². The van der Waals surface area contributed by atoms with E-state index in [0.717, 1.165) is 30.3 Å². The summed E-state index contributed by atoms with van der Waals surface area (Å²) in [7, 11) is -3.69. The lowest BCUT2D eigenvalue weighted by molar-refractivity contribution is 0.239. The fraction of sp³-hybridized carbons (Fsp3) is 0.300. The first-order valence-electron chi connectivity index (χ1n) is 8.57. The minimum atomic E-state index is -3.69. The van der Waals surface area contributed by atoms with Gasteiger partial charge in [0.25, 0.3) is 10.1 Å². The van der Waals surface area contributed by atoms with Crippen LogP contribution in [0.15, 0.2) is 53.4 Å². The number of aromatic nitrogens is 1. The number of nitrogens with one attached hydrogen (secondary N) is 1. The molecule has 1 aliphatic rings. The first-order chi connectivity index (χ1) is 12.0. The summed E-state index contributed by atoms with van der Waals surface area (Å²) in [6, 6.07) is 15.0. The van der Waals surface area contributed by atoms with E-state index in [9.17, 15) is 8.42 Å². The summed E-state index contributed by atoms with van der Waals surface area (Å²) in [5.74, 6) is 0.215. The number of aromatic amines is 1. The van der Waals surface area contributed by atoms with Crippen molar-refractivity contribution in [3.63, 3.8) is 0 Å². The molecule has 25 heavy (non-hydrogen) atoms. The maximum atomic E-state index is 12.4. The lowest BCUT2D eigenvalue weighted by atomic mass is 9.87. The van der Waals surface area contributed by atoms with Crippen LogP contribution in [0.5, 0.6) is 0 Å². The van der Waals surface area contributed by atoms with E-state index in [2.05, 4.69) is 17.1 Å². The molecule has 0 unspecified atom stereocenters. The van der Waals surface area contributed by atoms with Crippen molar-refractivity contribution >= 4 is 21.0 Å². The van der Waals surface area contributed by atoms with Crippen LogP contribution in [0.1, 0.15) is 23.2 Å². The fourth-order valence-corrected chi connectivity index (χ4v) is 4.52. The second kappa shape index (κ2) is 6.32. The SMILES string of the molecule is Cc1ccc(S(=O)(=O)OC[C@H]2CCc3[nH]c4ccccc4c3C2)cc1. The van der Waals surface area contributed by atoms with Crippen LogP contribution >= 0.6 is 0 Å². The van der Waals surface area contributed by atoms with Crippen LogP contribution in [0.2, 0.25) is 0 Å². The molecule has 0 radical (unpaired) electrons. The molecule has 0 fully saturated rings. The van der Waals surface area contributed by atoms with Gasteiger partial charge in [-0.1, -0.05) is 35.9 Å². The van der Waals surface area contributed by atoms with Gasteiger partial charge >= 0.3 is 0 Å². The molecule has 3 aromatic rings. The Morgan fingerprint density at radius 1 is 1.12 bits per heavy atom. The molecule has 130 valence electrons. The van der Waals surface area contributed by atoms with Gasteiger partial charge < -0.3 is 4.98 Å². The van der Waals surface area contributed by atoms with Gasteiger partial charge in [0.2, 0.25) is 0 Å². The van der Waals surface area contributed by atoms with Crippen molar-refractivity contribution in [2.45, 2.75) is 31.1 Å². The predicted molar refractivity (Wildman–Crippen MR) is 98.1 cm³/mol. The van der Waals surface area contributed by atoms with Crippen LogP contribution < -0.4 is 0 Å². The Hall–Kier alpha value is -2.11. The van der Waals surface area contributed by atoms with Crippen LogP contribution in [-0.4, -0.2) is 20.0 Å². The summed E-state index contributed by atoms with van der Waals surface area (Å²) in [5.41, 5.74) is 4.77. The van der Waals surface area contributed by atoms with Gasteiger partial charge in [-0.25, -0.2) is 0 Å². The predicted octanol–water partition coefficient (Wildman–Crippen LogP) is 3.99. The third-order valence-corrected chi connectivity index (χ3v) is 6.26. The molecule has 1 aliphatic carbocycles. The minimum absolute atomic E-state index is 0.215. The number of fused-ring (bicyclic) bond motifs is 3. The molecule has 0 saturated carbocycles. The zero-order valence-corrected chi connectivity index (χ0v) is 15.0. The topological polar surface area (TPSA) is 59.2 Å². The van der Waals surface area contributed by atoms with Crippen molar-refractivity contribution < 1.29 is 12.6 Å². The number of hydrogen-bond donors (Lipinski definition) is 1. The maximum Gasteiger partial charge on any atom is 0.296 e. The van der Waals surface area contributed by atoms with E-state index in [1.807, 2.05) is 19.1 Å². The van der Waals surface area contributed by atoms with Gasteiger partial charge in [0.05, 0.1) is 11.5 Å². The first kappa shape index (κ1) is 16.4. The third kappa shape index (κ3) is 3.22. The van der Waals surface area contributed by atoms with Crippen molar-refractivity contribution in [2.24, 2.45) is 5.92 Å². The number of H-pyrrole nitrogens is 1. The van der Waals surface area contributed by atoms with E-state index in [4.69, 9.17) is 4.18 Å². The van der Waals surface area contributed by atoms with Crippen LogP contribution in [0.3, 0.4) is 0 Å². The number of para-hydroxylation sites is 1. The summed E-state index contributed by atoms with van der Waals surface area (Å²) >= 11 is 0. The lowest BCUT2D eigenvalue weighted by Crippen LogP contribution is -2.21. The molecular formula is C20H21NO3S. The van der Waals surface area contributed by atoms with E-state index in [1.165, 1.54) is 16.6 Å². The molecule has 4 rings (SSSR count). The number of rotatable bonds is 4. The first-order valence-corrected chi connectivity index (χ1v) is 9.98. The van der Waals surface area contributed by atoms with Gasteiger partial charge in [-0.15, -0.1) is 0 Å². The molecule has 0 aliphatic heterocycles. The molecule has 1 N–H and O–H groups in total. The standard InChI is InChI=1S/C20H21NO3S/c1-14-6-9-16(10-7-14)25(22,23)24-13-15-8-11-20-18(12-15)17-4-2-3-5-19(17)21-20/h2-7,9-10,15,21H,8,11-13H2,1H3/t15-/m0/s1. The van der Waals surface area contributed by atoms with Crippen LogP contribution in [0.4, 0.5) is 0 Å². The Balaban J connectivity index is 1.48. The molecule has 2 aromatic carbocycles. The van der Waals surface area contributed by atoms with Gasteiger partial charge in [-0.3, -0.25) is 4.18 Å². The highest BCUT2D eigenvalue weighted by Crippen LogP contribution is 2.32. The molecule has 1 heterocycles. The Bertz CT molecular complexity index is 1000. The van der Waals surface area contributed by atoms with Gasteiger partial charge in [0.15, 0.2) is 0 Å². The second-order valence-electron chi connectivity index (χ2n) is 6.79. The van der Waals surface area contributed by atoms with Crippen LogP contribution in [0.25, 0.3) is 10.9 Å². The quantitative estimate of drug-likeness (QED) is 0.720. The van der Waals surface area contributed by atoms with Crippen LogP contribution in [-0.2, 0) is 27.1 Å². The summed E-state index contributed by atoms with van der Waals surface area (Å²) in [6.45, 7) is 2.16. The van der Waals surface area contributed by atoms with Gasteiger partial charge in [0, 0.05) is 16.6 Å². The molecular weight excluding hydrogens is 334 g/mol. The summed E-state index contributed by atoms with van der Waals surface area (Å²) in [6.07, 6.45) is 2.72. The monoisotopic (exact) mass is 355 g/mol. The van der Waals surface area contributed by atoms with E-state index in [-0.39, 0.29) is 17.4 Å². The summed E-state index contributed by atoms with van der Waals surface area (Å²) in [5, 5.41) is 1.24. The van der Waals surface area contributed by atoms with Crippen molar-refractivity contribution in [2.75, 3.05) is 6.61 Å². The van der Waals surface area contributed by atoms with E-state index in [0.29, 0.717) is 0 Å². The Labute approximate surface area is 148 Å². The Morgan fingerprint density at radius 3 is 2.68 bits per heavy atom. The molecule has 0 amide bonds. The lowest BCUT2D eigenvalue weighted by Gasteiger charge is -2.22. The summed E-state index contributed by atoms with van der Waals surface area (Å²) < 4.78 is 30.1. The van der Waals surface area contributed by atoms with Crippen LogP contribution in [0, 0.1) is 12.8 Å². The van der Waals surface area contributed by atoms with Crippen molar-refractivity contribution in [1.29, 1.82) is 0 Å². The summed E-state index contributed by atoms with van der Waals surface area (Å²) in [4.78, 5) is 3.70. The Kier molecular flexibility index (Phi) is 4.13. The van der Waals surface area contributed by atoms with E-state index < -0.39 is 10.1 Å². The zero-order valence-electron chi connectivity index (χ0n) is 14.2. The molecule has 1 atom stereocenters. The highest BCUT2D eigenvalue weighted by Gasteiger charge is 2.25. The average Bonchev–Trinajstić information content (AvgIpc) is 2.98. The minimum Gasteiger partial charge on any atom is -0.358 e. The zero-order chi connectivity index (χ0) is 17.4. The maximum absolute atomic E-state index is 12.4. The molecule has 5 heteroatoms. The third-order valence-electron chi connectivity index (χ3n) is 4.97. The van der Waals surface area contributed by atoms with Crippen molar-refractivity contribution in [3.05, 3.63) is 65.4 Å². The van der Waals surface area contributed by atoms with Gasteiger partial charge in [0.1, 0.15) is 0 Å². The number of aryl methyl sites for hydroxylation is 2. The van der Waals surface area contributed by atoms with Gasteiger partial charge in [-0.2, -0.15) is 8.42 Å². The Morgan fingerprint density at radius 2 is 1.88 bits per heavy atom. The van der Waals surface area contributed by atoms with Crippen molar-refractivity contribution in [1.82, 2.24) is 4.98 Å². The number of benzene rings is 2. The molecule has 0 bridgehead atoms. The highest BCUT2D eigenvalue weighted by atomic mass is 32.2. The molecule has 4 nitrogen and oxygen atoms in total. The highest BCUT2D eigenvalue weighted by molar-refractivity contribution is 7.86. The van der Waals surface area contributed by atoms with E-state index in [1.54, 1.807) is 24.3 Å². The molecule has 0 saturated heterocycles. The fourth-order valence-electron chi connectivity index (χ4n) is 3.54. The molecule has 1 aromatic heterocycles. The normalized spacial score (nSPS) is 17.6. The smallest absolute Gasteiger partial charge is 0.296 e.